The van der Waals surface area contributed by atoms with Gasteiger partial charge in [0.25, 0.3) is 11.8 Å². The molecule has 0 fully saturated rings. The van der Waals surface area contributed by atoms with Crippen molar-refractivity contribution < 1.29 is 14.0 Å². The zero-order valence-electron chi connectivity index (χ0n) is 18.3. The number of amides is 2. The first-order chi connectivity index (χ1) is 15.9. The Morgan fingerprint density at radius 2 is 1.88 bits per heavy atom. The van der Waals surface area contributed by atoms with Crippen LogP contribution in [0.1, 0.15) is 63.1 Å². The van der Waals surface area contributed by atoms with Crippen molar-refractivity contribution in [3.63, 3.8) is 0 Å². The number of carbonyl (C=O) groups excluding carboxylic acids is 2. The molecule has 0 unspecified atom stereocenters. The zero-order valence-corrected chi connectivity index (χ0v) is 19.8. The van der Waals surface area contributed by atoms with Crippen LogP contribution in [0.4, 0.5) is 5.69 Å². The van der Waals surface area contributed by atoms with E-state index in [1.165, 1.54) is 6.07 Å². The number of benzene rings is 2. The number of hydrazone groups is 1. The third-order valence-electron chi connectivity index (χ3n) is 5.65. The van der Waals surface area contributed by atoms with E-state index in [9.17, 15) is 9.59 Å². The Hall–Kier alpha value is -3.09. The quantitative estimate of drug-likeness (QED) is 0.424. The Morgan fingerprint density at radius 3 is 2.64 bits per heavy atom. The lowest BCUT2D eigenvalue weighted by molar-refractivity contribution is 0.0953. The Balaban J connectivity index is 1.58. The lowest BCUT2D eigenvalue weighted by Crippen LogP contribution is -2.22. The number of nitrogens with one attached hydrogen (secondary N) is 2. The highest BCUT2D eigenvalue weighted by Gasteiger charge is 2.28. The van der Waals surface area contributed by atoms with Gasteiger partial charge in [-0.2, -0.15) is 5.10 Å². The molecular formula is C25H23Cl2N3O3. The molecule has 170 valence electrons. The normalized spacial score (nSPS) is 14.1. The maximum absolute atomic E-state index is 13.0. The minimum atomic E-state index is -0.438. The number of para-hydroxylation sites is 1. The largest absolute Gasteiger partial charge is 0.455 e. The maximum atomic E-state index is 13.0. The molecule has 1 aliphatic carbocycles. The fourth-order valence-corrected chi connectivity index (χ4v) is 4.47. The minimum Gasteiger partial charge on any atom is -0.455 e. The molecule has 0 radical (unpaired) electrons. The SMILES string of the molecule is CCc1ccccc1NC(=O)c1oc2c(c1C)/C(=N/NC(=O)c1ccc(Cl)cc1Cl)CCC2. The summed E-state index contributed by atoms with van der Waals surface area (Å²) in [6, 6.07) is 12.3. The number of hydrogen-bond acceptors (Lipinski definition) is 4. The fourth-order valence-electron chi connectivity index (χ4n) is 3.98. The molecule has 0 aliphatic heterocycles. The summed E-state index contributed by atoms with van der Waals surface area (Å²) in [6.07, 6.45) is 2.96. The van der Waals surface area contributed by atoms with Crippen LogP contribution in [0.25, 0.3) is 0 Å². The van der Waals surface area contributed by atoms with Gasteiger partial charge in [0.15, 0.2) is 5.76 Å². The first-order valence-corrected chi connectivity index (χ1v) is 11.5. The Bertz CT molecular complexity index is 1260. The second-order valence-corrected chi connectivity index (χ2v) is 8.64. The molecule has 0 bridgehead atoms. The van der Waals surface area contributed by atoms with E-state index in [1.54, 1.807) is 12.1 Å². The van der Waals surface area contributed by atoms with Crippen LogP contribution in [0, 0.1) is 6.92 Å². The van der Waals surface area contributed by atoms with Gasteiger partial charge in [0, 0.05) is 28.3 Å². The summed E-state index contributed by atoms with van der Waals surface area (Å²) in [7, 11) is 0. The fraction of sp³-hybridized carbons (Fsp3) is 0.240. The third kappa shape index (κ3) is 4.82. The first kappa shape index (κ1) is 23.1. The molecule has 2 amide bonds. The van der Waals surface area contributed by atoms with E-state index in [-0.39, 0.29) is 22.3 Å². The Labute approximate surface area is 202 Å². The lowest BCUT2D eigenvalue weighted by Gasteiger charge is -2.13. The number of halogens is 2. The summed E-state index contributed by atoms with van der Waals surface area (Å²) >= 11 is 12.0. The Morgan fingerprint density at radius 1 is 1.09 bits per heavy atom. The van der Waals surface area contributed by atoms with Gasteiger partial charge in [-0.05, 0) is 56.0 Å². The summed E-state index contributed by atoms with van der Waals surface area (Å²) in [6.45, 7) is 3.87. The van der Waals surface area contributed by atoms with E-state index in [0.29, 0.717) is 34.9 Å². The number of aryl methyl sites for hydroxylation is 2. The van der Waals surface area contributed by atoms with Crippen LogP contribution in [-0.4, -0.2) is 17.5 Å². The predicted octanol–water partition coefficient (Wildman–Crippen LogP) is 6.18. The van der Waals surface area contributed by atoms with Crippen molar-refractivity contribution in [3.05, 3.63) is 86.3 Å². The van der Waals surface area contributed by atoms with Gasteiger partial charge in [-0.15, -0.1) is 0 Å². The molecule has 0 atom stereocenters. The Kier molecular flexibility index (Phi) is 6.86. The van der Waals surface area contributed by atoms with E-state index in [4.69, 9.17) is 27.6 Å². The van der Waals surface area contributed by atoms with Gasteiger partial charge in [0.2, 0.25) is 0 Å². The number of fused-ring (bicyclic) bond motifs is 1. The predicted molar refractivity (Wildman–Crippen MR) is 131 cm³/mol. The second kappa shape index (κ2) is 9.81. The highest BCUT2D eigenvalue weighted by atomic mass is 35.5. The number of carbonyl (C=O) groups is 2. The molecule has 8 heteroatoms. The molecule has 1 aliphatic rings. The van der Waals surface area contributed by atoms with Gasteiger partial charge in [0.05, 0.1) is 16.3 Å². The van der Waals surface area contributed by atoms with Gasteiger partial charge < -0.3 is 9.73 Å². The highest BCUT2D eigenvalue weighted by Crippen LogP contribution is 2.31. The van der Waals surface area contributed by atoms with Crippen molar-refractivity contribution in [2.24, 2.45) is 5.10 Å². The van der Waals surface area contributed by atoms with Crippen LogP contribution >= 0.6 is 23.2 Å². The molecule has 2 N–H and O–H groups in total. The van der Waals surface area contributed by atoms with Crippen LogP contribution in [0.2, 0.25) is 10.0 Å². The molecule has 3 aromatic rings. The van der Waals surface area contributed by atoms with Crippen molar-refractivity contribution in [1.82, 2.24) is 5.43 Å². The van der Waals surface area contributed by atoms with Gasteiger partial charge in [-0.1, -0.05) is 48.3 Å². The number of nitrogens with zero attached hydrogens (tertiary/aromatic N) is 1. The molecule has 6 nitrogen and oxygen atoms in total. The highest BCUT2D eigenvalue weighted by molar-refractivity contribution is 6.36. The summed E-state index contributed by atoms with van der Waals surface area (Å²) in [5.41, 5.74) is 6.81. The van der Waals surface area contributed by atoms with Gasteiger partial charge in [0.1, 0.15) is 5.76 Å². The summed E-state index contributed by atoms with van der Waals surface area (Å²) in [4.78, 5) is 25.6. The topological polar surface area (TPSA) is 83.7 Å². The first-order valence-electron chi connectivity index (χ1n) is 10.7. The van der Waals surface area contributed by atoms with Crippen LogP contribution < -0.4 is 10.7 Å². The van der Waals surface area contributed by atoms with E-state index < -0.39 is 5.91 Å². The molecule has 2 aromatic carbocycles. The second-order valence-electron chi connectivity index (χ2n) is 7.80. The molecule has 0 saturated carbocycles. The van der Waals surface area contributed by atoms with E-state index in [1.807, 2.05) is 38.1 Å². The van der Waals surface area contributed by atoms with E-state index in [0.717, 1.165) is 29.7 Å². The van der Waals surface area contributed by atoms with Crippen LogP contribution in [0.15, 0.2) is 52.0 Å². The standard InChI is InChI=1S/C25H23Cl2N3O3/c1-3-15-7-4-5-8-19(15)28-25(32)23-14(2)22-20(9-6-10-21(22)33-23)29-30-24(31)17-12-11-16(26)13-18(17)27/h4-5,7-8,11-13H,3,6,9-10H2,1-2H3,(H,28,32)(H,30,31)/b29-20+. The zero-order chi connectivity index (χ0) is 23.5. The van der Waals surface area contributed by atoms with Crippen LogP contribution in [-0.2, 0) is 12.8 Å². The summed E-state index contributed by atoms with van der Waals surface area (Å²) in [5.74, 6) is 0.212. The third-order valence-corrected chi connectivity index (χ3v) is 6.19. The number of rotatable bonds is 5. The van der Waals surface area contributed by atoms with E-state index in [2.05, 4.69) is 15.8 Å². The smallest absolute Gasteiger partial charge is 0.291 e. The molecular weight excluding hydrogens is 461 g/mol. The van der Waals surface area contributed by atoms with Gasteiger partial charge in [-0.3, -0.25) is 9.59 Å². The number of hydrogen-bond donors (Lipinski definition) is 2. The molecule has 0 spiro atoms. The maximum Gasteiger partial charge on any atom is 0.291 e. The van der Waals surface area contributed by atoms with Crippen LogP contribution in [0.3, 0.4) is 0 Å². The van der Waals surface area contributed by atoms with E-state index >= 15 is 0 Å². The average molecular weight is 484 g/mol. The van der Waals surface area contributed by atoms with Crippen molar-refractivity contribution in [1.29, 1.82) is 0 Å². The molecule has 4 rings (SSSR count). The monoisotopic (exact) mass is 483 g/mol. The van der Waals surface area contributed by atoms with Gasteiger partial charge in [-0.25, -0.2) is 5.43 Å². The van der Waals surface area contributed by atoms with Crippen LogP contribution in [0.5, 0.6) is 0 Å². The molecule has 1 aromatic heterocycles. The average Bonchev–Trinajstić information content (AvgIpc) is 3.15. The molecule has 0 saturated heterocycles. The molecule has 33 heavy (non-hydrogen) atoms. The molecule has 1 heterocycles. The van der Waals surface area contributed by atoms with Crippen molar-refractivity contribution >= 4 is 46.4 Å². The van der Waals surface area contributed by atoms with Crippen molar-refractivity contribution in [2.45, 2.75) is 39.5 Å². The number of anilines is 1. The minimum absolute atomic E-state index is 0.246. The summed E-state index contributed by atoms with van der Waals surface area (Å²) < 4.78 is 5.96. The summed E-state index contributed by atoms with van der Waals surface area (Å²) in [5, 5.41) is 7.99. The van der Waals surface area contributed by atoms with Crippen molar-refractivity contribution in [3.8, 4) is 0 Å². The van der Waals surface area contributed by atoms with Gasteiger partial charge >= 0.3 is 0 Å². The number of furan rings is 1. The lowest BCUT2D eigenvalue weighted by atomic mass is 9.93. The van der Waals surface area contributed by atoms with Crippen molar-refractivity contribution in [2.75, 3.05) is 5.32 Å².